The lowest BCUT2D eigenvalue weighted by Crippen LogP contribution is -2.34. The van der Waals surface area contributed by atoms with Gasteiger partial charge >= 0.3 is 5.97 Å². The van der Waals surface area contributed by atoms with Crippen molar-refractivity contribution < 1.29 is 14.3 Å². The molecule has 94 valence electrons. The van der Waals surface area contributed by atoms with E-state index in [2.05, 4.69) is 10.2 Å². The Bertz CT molecular complexity index is 410. The Labute approximate surface area is 99.9 Å². The van der Waals surface area contributed by atoms with E-state index in [4.69, 9.17) is 9.47 Å². The molecule has 0 saturated heterocycles. The van der Waals surface area contributed by atoms with Crippen molar-refractivity contribution in [2.75, 3.05) is 13.7 Å². The molecule has 2 rings (SSSR count). The predicted molar refractivity (Wildman–Crippen MR) is 59.8 cm³/mol. The first kappa shape index (κ1) is 12.0. The molecule has 0 N–H and O–H groups in total. The molecule has 17 heavy (non-hydrogen) atoms. The first-order chi connectivity index (χ1) is 8.17. The fraction of sp³-hybridized carbons (Fsp3) is 0.727. The molecule has 0 aromatic carbocycles. The average molecular weight is 239 g/mol. The number of carbonyl (C=O) groups is 1. The minimum atomic E-state index is -0.408. The molecule has 0 amide bonds. The topological polar surface area (TPSA) is 66.2 Å². The zero-order valence-corrected chi connectivity index (χ0v) is 10.3. The Morgan fingerprint density at radius 2 is 2.18 bits per heavy atom. The van der Waals surface area contributed by atoms with Gasteiger partial charge in [-0.25, -0.2) is 4.79 Å². The van der Waals surface area contributed by atoms with Gasteiger partial charge in [-0.05, 0) is 26.7 Å². The number of ether oxygens (including phenoxy) is 2. The summed E-state index contributed by atoms with van der Waals surface area (Å²) in [6.45, 7) is 3.96. The first-order valence-electron chi connectivity index (χ1n) is 5.78. The van der Waals surface area contributed by atoms with Crippen LogP contribution in [0.3, 0.4) is 0 Å². The molecule has 1 fully saturated rings. The highest BCUT2D eigenvalue weighted by molar-refractivity contribution is 5.85. The van der Waals surface area contributed by atoms with Crippen LogP contribution in [0, 0.1) is 6.92 Å². The standard InChI is InChI=1S/C11H17N3O3/c1-4-17-11(15)10-13-12-7(2)14(10)8-5-9(6-8)16-3/h8-9H,4-6H2,1-3H3. The van der Waals surface area contributed by atoms with Crippen LogP contribution in [0.1, 0.15) is 42.3 Å². The van der Waals surface area contributed by atoms with Gasteiger partial charge < -0.3 is 14.0 Å². The number of methoxy groups -OCH3 is 1. The normalized spacial score (nSPS) is 23.2. The van der Waals surface area contributed by atoms with Gasteiger partial charge in [0, 0.05) is 13.2 Å². The zero-order chi connectivity index (χ0) is 12.4. The third-order valence-electron chi connectivity index (χ3n) is 3.09. The lowest BCUT2D eigenvalue weighted by Gasteiger charge is -2.35. The molecular formula is C11H17N3O3. The number of hydrogen-bond donors (Lipinski definition) is 0. The molecule has 1 aliphatic carbocycles. The summed E-state index contributed by atoms with van der Waals surface area (Å²) < 4.78 is 12.0. The van der Waals surface area contributed by atoms with E-state index in [-0.39, 0.29) is 12.1 Å². The number of nitrogens with zero attached hydrogens (tertiary/aromatic N) is 3. The van der Waals surface area contributed by atoms with Gasteiger partial charge in [-0.2, -0.15) is 0 Å². The number of hydrogen-bond acceptors (Lipinski definition) is 5. The van der Waals surface area contributed by atoms with Crippen LogP contribution in [-0.2, 0) is 9.47 Å². The first-order valence-corrected chi connectivity index (χ1v) is 5.78. The van der Waals surface area contributed by atoms with E-state index in [1.54, 1.807) is 14.0 Å². The maximum atomic E-state index is 11.7. The van der Waals surface area contributed by atoms with Gasteiger partial charge in [0.1, 0.15) is 5.82 Å². The van der Waals surface area contributed by atoms with Crippen LogP contribution >= 0.6 is 0 Å². The average Bonchev–Trinajstić information content (AvgIpc) is 2.60. The van der Waals surface area contributed by atoms with Crippen molar-refractivity contribution in [3.05, 3.63) is 11.6 Å². The second-order valence-electron chi connectivity index (χ2n) is 4.14. The summed E-state index contributed by atoms with van der Waals surface area (Å²) in [5.41, 5.74) is 0. The molecule has 1 aromatic rings. The van der Waals surface area contributed by atoms with Gasteiger partial charge in [0.25, 0.3) is 0 Å². The largest absolute Gasteiger partial charge is 0.460 e. The van der Waals surface area contributed by atoms with Crippen molar-refractivity contribution in [3.63, 3.8) is 0 Å². The molecule has 0 aliphatic heterocycles. The van der Waals surface area contributed by atoms with Crippen molar-refractivity contribution in [1.29, 1.82) is 0 Å². The van der Waals surface area contributed by atoms with Crippen LogP contribution in [-0.4, -0.2) is 40.6 Å². The smallest absolute Gasteiger partial charge is 0.376 e. The van der Waals surface area contributed by atoms with E-state index in [0.29, 0.717) is 12.4 Å². The van der Waals surface area contributed by atoms with Crippen LogP contribution < -0.4 is 0 Å². The Kier molecular flexibility index (Phi) is 3.42. The van der Waals surface area contributed by atoms with Gasteiger partial charge in [-0.3, -0.25) is 0 Å². The van der Waals surface area contributed by atoms with Crippen molar-refractivity contribution in [2.24, 2.45) is 0 Å². The van der Waals surface area contributed by atoms with E-state index in [1.165, 1.54) is 0 Å². The molecule has 1 heterocycles. The summed E-state index contributed by atoms with van der Waals surface area (Å²) in [5.74, 6) is 0.630. The minimum absolute atomic E-state index is 0.245. The van der Waals surface area contributed by atoms with Gasteiger partial charge in [0.15, 0.2) is 0 Å². The summed E-state index contributed by atoms with van der Waals surface area (Å²) in [6, 6.07) is 0.245. The van der Waals surface area contributed by atoms with Crippen LogP contribution in [0.25, 0.3) is 0 Å². The van der Waals surface area contributed by atoms with E-state index < -0.39 is 5.97 Å². The highest BCUT2D eigenvalue weighted by Gasteiger charge is 2.34. The summed E-state index contributed by atoms with van der Waals surface area (Å²) in [7, 11) is 1.70. The molecule has 0 radical (unpaired) electrons. The Morgan fingerprint density at radius 3 is 2.76 bits per heavy atom. The van der Waals surface area contributed by atoms with E-state index in [0.717, 1.165) is 18.7 Å². The summed E-state index contributed by atoms with van der Waals surface area (Å²) in [5, 5.41) is 7.83. The molecule has 6 nitrogen and oxygen atoms in total. The Morgan fingerprint density at radius 1 is 1.47 bits per heavy atom. The van der Waals surface area contributed by atoms with E-state index in [1.807, 2.05) is 11.5 Å². The Hall–Kier alpha value is -1.43. The zero-order valence-electron chi connectivity index (χ0n) is 10.3. The van der Waals surface area contributed by atoms with Crippen LogP contribution in [0.2, 0.25) is 0 Å². The summed E-state index contributed by atoms with van der Waals surface area (Å²) in [6.07, 6.45) is 2.06. The molecular weight excluding hydrogens is 222 g/mol. The quantitative estimate of drug-likeness (QED) is 0.736. The van der Waals surface area contributed by atoms with E-state index >= 15 is 0 Å². The highest BCUT2D eigenvalue weighted by atomic mass is 16.5. The van der Waals surface area contributed by atoms with Crippen molar-refractivity contribution in [3.8, 4) is 0 Å². The van der Waals surface area contributed by atoms with Gasteiger partial charge in [0.05, 0.1) is 12.7 Å². The molecule has 0 bridgehead atoms. The van der Waals surface area contributed by atoms with Crippen LogP contribution in [0.15, 0.2) is 0 Å². The minimum Gasteiger partial charge on any atom is -0.460 e. The third-order valence-corrected chi connectivity index (χ3v) is 3.09. The maximum absolute atomic E-state index is 11.7. The molecule has 1 saturated carbocycles. The highest BCUT2D eigenvalue weighted by Crippen LogP contribution is 2.35. The van der Waals surface area contributed by atoms with Crippen LogP contribution in [0.4, 0.5) is 0 Å². The van der Waals surface area contributed by atoms with E-state index in [9.17, 15) is 4.79 Å². The maximum Gasteiger partial charge on any atom is 0.376 e. The second-order valence-corrected chi connectivity index (χ2v) is 4.14. The number of aryl methyl sites for hydroxylation is 1. The molecule has 1 aromatic heterocycles. The van der Waals surface area contributed by atoms with Crippen molar-refractivity contribution in [1.82, 2.24) is 14.8 Å². The molecule has 0 atom stereocenters. The van der Waals surface area contributed by atoms with Gasteiger partial charge in [0.2, 0.25) is 5.82 Å². The number of esters is 1. The number of rotatable bonds is 4. The fourth-order valence-corrected chi connectivity index (χ4v) is 2.08. The fourth-order valence-electron chi connectivity index (χ4n) is 2.08. The van der Waals surface area contributed by atoms with Crippen molar-refractivity contribution >= 4 is 5.97 Å². The lowest BCUT2D eigenvalue weighted by atomic mass is 9.89. The molecule has 0 unspecified atom stereocenters. The summed E-state index contributed by atoms with van der Waals surface area (Å²) in [4.78, 5) is 11.7. The SMILES string of the molecule is CCOC(=O)c1nnc(C)n1C1CC(OC)C1. The molecule has 6 heteroatoms. The van der Waals surface area contributed by atoms with Gasteiger partial charge in [-0.1, -0.05) is 0 Å². The van der Waals surface area contributed by atoms with Crippen molar-refractivity contribution in [2.45, 2.75) is 38.8 Å². The van der Waals surface area contributed by atoms with Crippen LogP contribution in [0.5, 0.6) is 0 Å². The lowest BCUT2D eigenvalue weighted by molar-refractivity contribution is 0.00351. The molecule has 0 spiro atoms. The monoisotopic (exact) mass is 239 g/mol. The second kappa shape index (κ2) is 4.83. The molecule has 1 aliphatic rings. The van der Waals surface area contributed by atoms with Gasteiger partial charge in [-0.15, -0.1) is 10.2 Å². The third kappa shape index (κ3) is 2.17. The summed E-state index contributed by atoms with van der Waals surface area (Å²) >= 11 is 0. The Balaban J connectivity index is 2.16. The number of aromatic nitrogens is 3. The number of carbonyl (C=O) groups excluding carboxylic acids is 1. The predicted octanol–water partition coefficient (Wildman–Crippen LogP) is 1.11.